The Kier molecular flexibility index (Phi) is 6.45. The van der Waals surface area contributed by atoms with Crippen LogP contribution in [0.4, 0.5) is 5.69 Å². The van der Waals surface area contributed by atoms with Crippen molar-refractivity contribution in [2.24, 2.45) is 0 Å². The summed E-state index contributed by atoms with van der Waals surface area (Å²) in [6.45, 7) is 3.12. The number of benzene rings is 2. The number of hydrogen-bond acceptors (Lipinski definition) is 6. The van der Waals surface area contributed by atoms with Crippen LogP contribution in [0, 0.1) is 22.0 Å². The summed E-state index contributed by atoms with van der Waals surface area (Å²) < 4.78 is 0. The Balaban J connectivity index is 2.38. The fourth-order valence-corrected chi connectivity index (χ4v) is 4.28. The first-order valence-electron chi connectivity index (χ1n) is 10.2. The molecule has 9 nitrogen and oxygen atoms in total. The molecule has 1 aliphatic rings. The third-order valence-electron chi connectivity index (χ3n) is 6.01. The van der Waals surface area contributed by atoms with Crippen LogP contribution in [0.25, 0.3) is 0 Å². The molecule has 174 valence electrons. The second kappa shape index (κ2) is 9.11. The maximum Gasteiger partial charge on any atom is 0.334 e. The number of nitrogens with zero attached hydrogens (tertiary/aromatic N) is 2. The van der Waals surface area contributed by atoms with Crippen molar-refractivity contribution in [2.75, 3.05) is 7.05 Å². The van der Waals surface area contributed by atoms with Gasteiger partial charge in [-0.25, -0.2) is 9.59 Å². The SMILES string of the molecule is CC1=C(C(=O)O)C(CC#Cc2ccc(O)cc2)(c2cccc([N+](=O)[O-])c2)C(C(=O)O)=C(C)N1C. The smallest absolute Gasteiger partial charge is 0.334 e. The number of hydrogen-bond donors (Lipinski definition) is 3. The molecule has 2 aromatic rings. The van der Waals surface area contributed by atoms with Gasteiger partial charge in [0.15, 0.2) is 0 Å². The van der Waals surface area contributed by atoms with E-state index in [9.17, 15) is 35.0 Å². The quantitative estimate of drug-likeness (QED) is 0.347. The van der Waals surface area contributed by atoms with Crippen molar-refractivity contribution < 1.29 is 29.8 Å². The highest BCUT2D eigenvalue weighted by Gasteiger charge is 2.51. The zero-order chi connectivity index (χ0) is 25.2. The van der Waals surface area contributed by atoms with Crippen molar-refractivity contribution in [3.8, 4) is 17.6 Å². The first-order chi connectivity index (χ1) is 16.0. The molecule has 1 aliphatic heterocycles. The minimum atomic E-state index is -1.78. The average molecular weight is 462 g/mol. The molecule has 0 unspecified atom stereocenters. The van der Waals surface area contributed by atoms with Crippen LogP contribution in [-0.2, 0) is 15.0 Å². The van der Waals surface area contributed by atoms with Crippen LogP contribution < -0.4 is 0 Å². The van der Waals surface area contributed by atoms with Gasteiger partial charge in [-0.1, -0.05) is 24.0 Å². The Morgan fingerprint density at radius 3 is 2.09 bits per heavy atom. The second-order valence-corrected chi connectivity index (χ2v) is 7.83. The Bertz CT molecular complexity index is 1270. The molecule has 9 heteroatoms. The van der Waals surface area contributed by atoms with Gasteiger partial charge in [0.2, 0.25) is 0 Å². The molecule has 34 heavy (non-hydrogen) atoms. The van der Waals surface area contributed by atoms with Gasteiger partial charge in [0.1, 0.15) is 5.75 Å². The number of allylic oxidation sites excluding steroid dienone is 2. The van der Waals surface area contributed by atoms with E-state index in [1.807, 2.05) is 0 Å². The predicted octanol–water partition coefficient (Wildman–Crippen LogP) is 3.64. The molecular weight excluding hydrogens is 440 g/mol. The van der Waals surface area contributed by atoms with Crippen LogP contribution in [0.15, 0.2) is 71.1 Å². The number of phenols is 1. The normalized spacial score (nSPS) is 15.0. The van der Waals surface area contributed by atoms with E-state index >= 15 is 0 Å². The summed E-state index contributed by atoms with van der Waals surface area (Å²) in [6, 6.07) is 11.3. The van der Waals surface area contributed by atoms with Crippen molar-refractivity contribution in [2.45, 2.75) is 25.7 Å². The van der Waals surface area contributed by atoms with E-state index in [0.717, 1.165) is 0 Å². The molecule has 0 saturated carbocycles. The lowest BCUT2D eigenvalue weighted by atomic mass is 9.63. The third kappa shape index (κ3) is 4.09. The lowest BCUT2D eigenvalue weighted by Gasteiger charge is -2.42. The number of carboxylic acids is 2. The predicted molar refractivity (Wildman–Crippen MR) is 123 cm³/mol. The number of phenolic OH excluding ortho intramolecular Hbond substituents is 1. The Morgan fingerprint density at radius 1 is 1.03 bits per heavy atom. The zero-order valence-electron chi connectivity index (χ0n) is 18.7. The van der Waals surface area contributed by atoms with Crippen LogP contribution in [0.1, 0.15) is 31.4 Å². The monoisotopic (exact) mass is 462 g/mol. The van der Waals surface area contributed by atoms with Crippen LogP contribution in [0.3, 0.4) is 0 Å². The number of rotatable bonds is 5. The largest absolute Gasteiger partial charge is 0.508 e. The maximum atomic E-state index is 12.6. The molecule has 0 saturated heterocycles. The van der Waals surface area contributed by atoms with Crippen molar-refractivity contribution >= 4 is 17.6 Å². The Morgan fingerprint density at radius 2 is 1.59 bits per heavy atom. The number of nitro groups is 1. The highest BCUT2D eigenvalue weighted by atomic mass is 16.6. The second-order valence-electron chi connectivity index (χ2n) is 7.83. The maximum absolute atomic E-state index is 12.6. The van der Waals surface area contributed by atoms with Crippen molar-refractivity contribution in [1.29, 1.82) is 0 Å². The molecule has 0 fully saturated rings. The summed E-state index contributed by atoms with van der Waals surface area (Å²) in [7, 11) is 1.57. The fraction of sp³-hybridized carbons (Fsp3) is 0.200. The van der Waals surface area contributed by atoms with E-state index in [2.05, 4.69) is 11.8 Å². The molecule has 0 amide bonds. The van der Waals surface area contributed by atoms with E-state index in [-0.39, 0.29) is 34.6 Å². The molecule has 3 rings (SSSR count). The van der Waals surface area contributed by atoms with Gasteiger partial charge in [-0.2, -0.15) is 0 Å². The molecule has 1 heterocycles. The van der Waals surface area contributed by atoms with Crippen molar-refractivity contribution in [1.82, 2.24) is 4.90 Å². The summed E-state index contributed by atoms with van der Waals surface area (Å²) >= 11 is 0. The van der Waals surface area contributed by atoms with E-state index in [1.165, 1.54) is 41.3 Å². The number of non-ortho nitro benzene ring substituents is 1. The molecule has 2 aromatic carbocycles. The highest BCUT2D eigenvalue weighted by Crippen LogP contribution is 2.49. The van der Waals surface area contributed by atoms with Gasteiger partial charge in [0.25, 0.3) is 5.69 Å². The summed E-state index contributed by atoms with van der Waals surface area (Å²) in [5.74, 6) is 3.10. The molecule has 0 aromatic heterocycles. The molecule has 0 bridgehead atoms. The van der Waals surface area contributed by atoms with Gasteiger partial charge in [-0.3, -0.25) is 10.1 Å². The van der Waals surface area contributed by atoms with Crippen molar-refractivity contribution in [3.05, 3.63) is 92.3 Å². The Labute approximate surface area is 195 Å². The van der Waals surface area contributed by atoms with Crippen LogP contribution >= 0.6 is 0 Å². The molecule has 0 atom stereocenters. The molecule has 0 radical (unpaired) electrons. The summed E-state index contributed by atoms with van der Waals surface area (Å²) in [5.41, 5.74) is -1.27. The number of carbonyl (C=O) groups is 2. The topological polar surface area (TPSA) is 141 Å². The van der Waals surface area contributed by atoms with Crippen LogP contribution in [0.5, 0.6) is 5.75 Å². The van der Waals surface area contributed by atoms with Gasteiger partial charge in [-0.05, 0) is 43.7 Å². The first-order valence-corrected chi connectivity index (χ1v) is 10.2. The summed E-state index contributed by atoms with van der Waals surface area (Å²) in [5, 5.41) is 41.4. The molecule has 0 aliphatic carbocycles. The number of carboxylic acid groups (broad SMARTS) is 2. The fourth-order valence-electron chi connectivity index (χ4n) is 4.28. The van der Waals surface area contributed by atoms with Gasteiger partial charge in [-0.15, -0.1) is 0 Å². The number of aliphatic carboxylic acids is 2. The number of nitro benzene ring substituents is 1. The minimum Gasteiger partial charge on any atom is -0.508 e. The molecule has 0 spiro atoms. The lowest BCUT2D eigenvalue weighted by molar-refractivity contribution is -0.385. The van der Waals surface area contributed by atoms with Crippen LogP contribution in [0.2, 0.25) is 0 Å². The van der Waals surface area contributed by atoms with Gasteiger partial charge in [0, 0.05) is 42.6 Å². The average Bonchev–Trinajstić information content (AvgIpc) is 2.78. The zero-order valence-corrected chi connectivity index (χ0v) is 18.7. The van der Waals surface area contributed by atoms with Gasteiger partial charge >= 0.3 is 11.9 Å². The van der Waals surface area contributed by atoms with Crippen molar-refractivity contribution in [3.63, 3.8) is 0 Å². The Hall–Kier alpha value is -4.58. The summed E-state index contributed by atoms with van der Waals surface area (Å²) in [6.07, 6.45) is -0.263. The van der Waals surface area contributed by atoms with E-state index in [4.69, 9.17) is 0 Å². The minimum absolute atomic E-state index is 0.0485. The molecular formula is C25H22N2O7. The number of aromatic hydroxyl groups is 1. The van der Waals surface area contributed by atoms with Crippen LogP contribution in [-0.4, -0.2) is 44.1 Å². The van der Waals surface area contributed by atoms with E-state index in [1.54, 1.807) is 33.0 Å². The first kappa shape index (κ1) is 24.1. The van der Waals surface area contributed by atoms with Gasteiger partial charge < -0.3 is 20.2 Å². The standard InChI is InChI=1S/C25H22N2O7/c1-15-21(23(29)30)25(22(24(31)32)16(2)26(15)3,18-7-4-8-19(14-18)27(33)34)13-5-6-17-9-11-20(28)12-10-17/h4,7-12,14,28H,13H2,1-3H3,(H,29,30)(H,31,32). The highest BCUT2D eigenvalue weighted by molar-refractivity contribution is 6.01. The summed E-state index contributed by atoms with van der Waals surface area (Å²) in [4.78, 5) is 37.4. The molecule has 3 N–H and O–H groups in total. The van der Waals surface area contributed by atoms with E-state index < -0.39 is 22.3 Å². The third-order valence-corrected chi connectivity index (χ3v) is 6.01. The lowest BCUT2D eigenvalue weighted by Crippen LogP contribution is -2.45. The van der Waals surface area contributed by atoms with Gasteiger partial charge in [0.05, 0.1) is 21.5 Å². The van der Waals surface area contributed by atoms with E-state index in [0.29, 0.717) is 17.0 Å².